The number of nitrogens with one attached hydrogen (secondary N) is 1. The lowest BCUT2D eigenvalue weighted by Gasteiger charge is -2.25. The SMILES string of the molecule is O=C(C[C@@H]1CCCOC1)N1CCCNCC1. The minimum atomic E-state index is 0.319. The van der Waals surface area contributed by atoms with Gasteiger partial charge in [0.05, 0.1) is 0 Å². The van der Waals surface area contributed by atoms with E-state index in [4.69, 9.17) is 4.74 Å². The Bertz CT molecular complexity index is 219. The summed E-state index contributed by atoms with van der Waals surface area (Å²) in [5.41, 5.74) is 0. The number of hydrogen-bond donors (Lipinski definition) is 1. The molecule has 92 valence electrons. The first-order valence-corrected chi connectivity index (χ1v) is 6.42. The van der Waals surface area contributed by atoms with Gasteiger partial charge in [0.25, 0.3) is 0 Å². The summed E-state index contributed by atoms with van der Waals surface area (Å²) in [5.74, 6) is 0.775. The molecule has 0 saturated carbocycles. The standard InChI is InChI=1S/C12H22N2O2/c15-12(9-11-3-1-8-16-10-11)14-6-2-4-13-5-7-14/h11,13H,1-10H2/t11-/m0/s1. The molecule has 1 amide bonds. The number of hydrogen-bond acceptors (Lipinski definition) is 3. The van der Waals surface area contributed by atoms with Crippen LogP contribution in [-0.2, 0) is 9.53 Å². The van der Waals surface area contributed by atoms with E-state index < -0.39 is 0 Å². The summed E-state index contributed by atoms with van der Waals surface area (Å²) in [4.78, 5) is 14.1. The van der Waals surface area contributed by atoms with Crippen LogP contribution in [0.15, 0.2) is 0 Å². The van der Waals surface area contributed by atoms with E-state index in [0.29, 0.717) is 18.2 Å². The van der Waals surface area contributed by atoms with Crippen molar-refractivity contribution in [2.24, 2.45) is 5.92 Å². The topological polar surface area (TPSA) is 41.6 Å². The minimum absolute atomic E-state index is 0.319. The Hall–Kier alpha value is -0.610. The molecule has 0 aromatic heterocycles. The summed E-state index contributed by atoms with van der Waals surface area (Å²) in [5, 5.41) is 3.32. The molecule has 0 unspecified atom stereocenters. The zero-order valence-corrected chi connectivity index (χ0v) is 9.91. The fourth-order valence-electron chi connectivity index (χ4n) is 2.44. The minimum Gasteiger partial charge on any atom is -0.381 e. The third-order valence-corrected chi connectivity index (χ3v) is 3.41. The predicted molar refractivity (Wildman–Crippen MR) is 62.2 cm³/mol. The number of carbonyl (C=O) groups is 1. The van der Waals surface area contributed by atoms with Crippen LogP contribution in [0.25, 0.3) is 0 Å². The van der Waals surface area contributed by atoms with Gasteiger partial charge in [0, 0.05) is 39.3 Å². The Balaban J connectivity index is 1.76. The molecule has 0 bridgehead atoms. The highest BCUT2D eigenvalue weighted by atomic mass is 16.5. The smallest absolute Gasteiger partial charge is 0.222 e. The summed E-state index contributed by atoms with van der Waals surface area (Å²) in [6, 6.07) is 0. The van der Waals surface area contributed by atoms with E-state index in [1.807, 2.05) is 4.90 Å². The van der Waals surface area contributed by atoms with Gasteiger partial charge < -0.3 is 15.0 Å². The zero-order valence-electron chi connectivity index (χ0n) is 9.91. The Morgan fingerprint density at radius 3 is 3.06 bits per heavy atom. The summed E-state index contributed by atoms with van der Waals surface area (Å²) >= 11 is 0. The van der Waals surface area contributed by atoms with E-state index in [0.717, 1.165) is 58.7 Å². The van der Waals surface area contributed by atoms with Gasteiger partial charge in [-0.3, -0.25) is 4.79 Å². The Labute approximate surface area is 97.3 Å². The van der Waals surface area contributed by atoms with Gasteiger partial charge in [-0.1, -0.05) is 0 Å². The Morgan fingerprint density at radius 1 is 1.31 bits per heavy atom. The molecule has 2 rings (SSSR count). The molecule has 0 aliphatic carbocycles. The van der Waals surface area contributed by atoms with Crippen LogP contribution in [-0.4, -0.2) is 50.2 Å². The summed E-state index contributed by atoms with van der Waals surface area (Å²) < 4.78 is 5.41. The van der Waals surface area contributed by atoms with Crippen molar-refractivity contribution in [1.29, 1.82) is 0 Å². The van der Waals surface area contributed by atoms with Crippen LogP contribution in [0.2, 0.25) is 0 Å². The summed E-state index contributed by atoms with van der Waals surface area (Å²) in [7, 11) is 0. The average molecular weight is 226 g/mol. The van der Waals surface area contributed by atoms with E-state index in [2.05, 4.69) is 5.32 Å². The molecule has 0 spiro atoms. The van der Waals surface area contributed by atoms with Gasteiger partial charge in [0.1, 0.15) is 0 Å². The van der Waals surface area contributed by atoms with Gasteiger partial charge in [-0.2, -0.15) is 0 Å². The number of nitrogens with zero attached hydrogens (tertiary/aromatic N) is 1. The molecule has 16 heavy (non-hydrogen) atoms. The van der Waals surface area contributed by atoms with Crippen molar-refractivity contribution in [2.75, 3.05) is 39.4 Å². The van der Waals surface area contributed by atoms with Gasteiger partial charge in [-0.15, -0.1) is 0 Å². The first kappa shape index (κ1) is 11.9. The molecule has 2 aliphatic heterocycles. The second-order valence-electron chi connectivity index (χ2n) is 4.77. The van der Waals surface area contributed by atoms with Crippen molar-refractivity contribution >= 4 is 5.91 Å². The van der Waals surface area contributed by atoms with Crippen LogP contribution >= 0.6 is 0 Å². The molecule has 2 heterocycles. The number of rotatable bonds is 2. The maximum Gasteiger partial charge on any atom is 0.222 e. The highest BCUT2D eigenvalue weighted by Crippen LogP contribution is 2.18. The summed E-state index contributed by atoms with van der Waals surface area (Å²) in [6.07, 6.45) is 4.02. The fraction of sp³-hybridized carbons (Fsp3) is 0.917. The Morgan fingerprint density at radius 2 is 2.25 bits per heavy atom. The zero-order chi connectivity index (χ0) is 11.2. The van der Waals surface area contributed by atoms with E-state index >= 15 is 0 Å². The first-order valence-electron chi connectivity index (χ1n) is 6.42. The lowest BCUT2D eigenvalue weighted by Crippen LogP contribution is -2.36. The largest absolute Gasteiger partial charge is 0.381 e. The first-order chi connectivity index (χ1) is 7.86. The van der Waals surface area contributed by atoms with Crippen molar-refractivity contribution in [3.05, 3.63) is 0 Å². The lowest BCUT2D eigenvalue weighted by atomic mass is 9.98. The van der Waals surface area contributed by atoms with E-state index in [1.165, 1.54) is 0 Å². The third kappa shape index (κ3) is 3.46. The molecule has 4 nitrogen and oxygen atoms in total. The number of carbonyl (C=O) groups excluding carboxylic acids is 1. The monoisotopic (exact) mass is 226 g/mol. The fourth-order valence-corrected chi connectivity index (χ4v) is 2.44. The van der Waals surface area contributed by atoms with Crippen molar-refractivity contribution in [3.8, 4) is 0 Å². The van der Waals surface area contributed by atoms with Gasteiger partial charge >= 0.3 is 0 Å². The van der Waals surface area contributed by atoms with Crippen molar-refractivity contribution in [3.63, 3.8) is 0 Å². The summed E-state index contributed by atoms with van der Waals surface area (Å²) in [6.45, 7) is 5.41. The van der Waals surface area contributed by atoms with E-state index in [1.54, 1.807) is 0 Å². The van der Waals surface area contributed by atoms with E-state index in [9.17, 15) is 4.79 Å². The highest BCUT2D eigenvalue weighted by molar-refractivity contribution is 5.76. The maximum absolute atomic E-state index is 12.1. The molecule has 1 N–H and O–H groups in total. The molecular formula is C12H22N2O2. The van der Waals surface area contributed by atoms with Gasteiger partial charge in [-0.25, -0.2) is 0 Å². The van der Waals surface area contributed by atoms with Crippen LogP contribution in [0.3, 0.4) is 0 Å². The molecule has 0 aromatic carbocycles. The van der Waals surface area contributed by atoms with Crippen LogP contribution in [0.5, 0.6) is 0 Å². The van der Waals surface area contributed by atoms with Gasteiger partial charge in [0.2, 0.25) is 5.91 Å². The van der Waals surface area contributed by atoms with Crippen molar-refractivity contribution in [2.45, 2.75) is 25.7 Å². The van der Waals surface area contributed by atoms with Crippen molar-refractivity contribution in [1.82, 2.24) is 10.2 Å². The normalized spacial score (nSPS) is 27.5. The van der Waals surface area contributed by atoms with E-state index in [-0.39, 0.29) is 0 Å². The van der Waals surface area contributed by atoms with Crippen LogP contribution in [0.4, 0.5) is 0 Å². The van der Waals surface area contributed by atoms with Gasteiger partial charge in [0.15, 0.2) is 0 Å². The molecule has 2 fully saturated rings. The number of amides is 1. The van der Waals surface area contributed by atoms with Gasteiger partial charge in [-0.05, 0) is 31.7 Å². The van der Waals surface area contributed by atoms with Crippen LogP contribution < -0.4 is 5.32 Å². The molecule has 2 saturated heterocycles. The third-order valence-electron chi connectivity index (χ3n) is 3.41. The number of ether oxygens (including phenoxy) is 1. The second kappa shape index (κ2) is 6.21. The molecule has 0 radical (unpaired) electrons. The second-order valence-corrected chi connectivity index (χ2v) is 4.77. The quantitative estimate of drug-likeness (QED) is 0.750. The predicted octanol–water partition coefficient (Wildman–Crippen LogP) is 0.625. The Kier molecular flexibility index (Phi) is 4.60. The van der Waals surface area contributed by atoms with Crippen molar-refractivity contribution < 1.29 is 9.53 Å². The molecule has 2 aliphatic rings. The molecular weight excluding hydrogens is 204 g/mol. The molecule has 4 heteroatoms. The highest BCUT2D eigenvalue weighted by Gasteiger charge is 2.21. The molecule has 1 atom stereocenters. The van der Waals surface area contributed by atoms with Crippen LogP contribution in [0.1, 0.15) is 25.7 Å². The molecule has 0 aromatic rings. The average Bonchev–Trinajstić information content (AvgIpc) is 2.59. The lowest BCUT2D eigenvalue weighted by molar-refractivity contribution is -0.133. The maximum atomic E-state index is 12.1. The van der Waals surface area contributed by atoms with Crippen LogP contribution in [0, 0.1) is 5.92 Å².